The first kappa shape index (κ1) is 16.8. The summed E-state index contributed by atoms with van der Waals surface area (Å²) in [4.78, 5) is 17.5. The van der Waals surface area contributed by atoms with Gasteiger partial charge in [-0.25, -0.2) is 4.98 Å². The summed E-state index contributed by atoms with van der Waals surface area (Å²) in [7, 11) is 0. The molecule has 2 N–H and O–H groups in total. The number of aromatic nitrogens is 2. The van der Waals surface area contributed by atoms with Gasteiger partial charge in [-0.1, -0.05) is 40.2 Å². The van der Waals surface area contributed by atoms with Gasteiger partial charge in [0.2, 0.25) is 0 Å². The summed E-state index contributed by atoms with van der Waals surface area (Å²) in [5, 5.41) is 0. The maximum atomic E-state index is 11.9. The van der Waals surface area contributed by atoms with Crippen LogP contribution in [0.3, 0.4) is 0 Å². The number of hydrogen-bond donors (Lipinski definition) is 1. The molecule has 4 aromatic rings. The van der Waals surface area contributed by atoms with E-state index >= 15 is 0 Å². The minimum Gasteiger partial charge on any atom is -0.487 e. The van der Waals surface area contributed by atoms with Gasteiger partial charge in [0.1, 0.15) is 22.9 Å². The number of pyridine rings is 1. The number of imidazole rings is 1. The maximum absolute atomic E-state index is 11.9. The third kappa shape index (κ3) is 3.11. The van der Waals surface area contributed by atoms with E-state index in [4.69, 9.17) is 10.5 Å². The van der Waals surface area contributed by atoms with Crippen molar-refractivity contribution in [3.63, 3.8) is 0 Å². The number of fused-ring (bicyclic) bond motifs is 1. The average Bonchev–Trinajstić information content (AvgIpc) is 3.25. The number of benzene rings is 1. The largest absolute Gasteiger partial charge is 0.487 e. The smallest absolute Gasteiger partial charge is 0.262 e. The Kier molecular flexibility index (Phi) is 4.48. The zero-order valence-electron chi connectivity index (χ0n) is 13.6. The Morgan fingerprint density at radius 3 is 2.85 bits per heavy atom. The zero-order chi connectivity index (χ0) is 18.1. The molecule has 5 nitrogen and oxygen atoms in total. The number of carbonyl (C=O) groups is 1. The first-order chi connectivity index (χ1) is 12.6. The van der Waals surface area contributed by atoms with Crippen LogP contribution in [-0.4, -0.2) is 15.3 Å². The van der Waals surface area contributed by atoms with E-state index in [0.717, 1.165) is 26.3 Å². The van der Waals surface area contributed by atoms with Gasteiger partial charge in [0, 0.05) is 22.3 Å². The van der Waals surface area contributed by atoms with Crippen LogP contribution in [0.25, 0.3) is 16.2 Å². The van der Waals surface area contributed by atoms with Crippen molar-refractivity contribution >= 4 is 38.8 Å². The van der Waals surface area contributed by atoms with Gasteiger partial charge in [-0.05, 0) is 18.2 Å². The van der Waals surface area contributed by atoms with Gasteiger partial charge < -0.3 is 10.5 Å². The molecular formula is C19H14BrN3O2S. The number of nitrogens with zero attached hydrogens (tertiary/aromatic N) is 2. The van der Waals surface area contributed by atoms with Gasteiger partial charge in [0.15, 0.2) is 0 Å². The van der Waals surface area contributed by atoms with E-state index in [1.807, 2.05) is 59.1 Å². The summed E-state index contributed by atoms with van der Waals surface area (Å²) < 4.78 is 8.83. The number of thiophene rings is 1. The van der Waals surface area contributed by atoms with Gasteiger partial charge in [-0.3, -0.25) is 9.20 Å². The monoisotopic (exact) mass is 427 g/mol. The van der Waals surface area contributed by atoms with Crippen LogP contribution in [0.1, 0.15) is 15.2 Å². The molecule has 3 aromatic heterocycles. The molecule has 7 heteroatoms. The Morgan fingerprint density at radius 1 is 1.23 bits per heavy atom. The zero-order valence-corrected chi connectivity index (χ0v) is 16.0. The fourth-order valence-electron chi connectivity index (χ4n) is 2.67. The summed E-state index contributed by atoms with van der Waals surface area (Å²) in [6.45, 7) is 0.338. The first-order valence-corrected chi connectivity index (χ1v) is 9.47. The van der Waals surface area contributed by atoms with Gasteiger partial charge in [-0.2, -0.15) is 0 Å². The maximum Gasteiger partial charge on any atom is 0.262 e. The molecule has 1 amide bonds. The third-order valence-corrected chi connectivity index (χ3v) is 5.86. The standard InChI is InChI=1S/C19H14BrN3O2S/c20-13-6-2-1-5-12(13)11-25-15-9-16(26-18(15)19(21)24)14-10-22-17-7-3-4-8-23(14)17/h1-10H,11H2,(H2,21,24). The van der Waals surface area contributed by atoms with Crippen LogP contribution in [0, 0.1) is 0 Å². The Balaban J connectivity index is 1.69. The number of amides is 1. The molecule has 0 radical (unpaired) electrons. The topological polar surface area (TPSA) is 69.6 Å². The summed E-state index contributed by atoms with van der Waals surface area (Å²) in [5.41, 5.74) is 8.28. The fraction of sp³-hybridized carbons (Fsp3) is 0.0526. The van der Waals surface area contributed by atoms with Gasteiger partial charge >= 0.3 is 0 Å². The van der Waals surface area contributed by atoms with Crippen molar-refractivity contribution in [3.05, 3.63) is 75.8 Å². The van der Waals surface area contributed by atoms with Crippen molar-refractivity contribution in [3.8, 4) is 16.3 Å². The van der Waals surface area contributed by atoms with E-state index in [0.29, 0.717) is 17.2 Å². The predicted molar refractivity (Wildman–Crippen MR) is 105 cm³/mol. The Bertz CT molecular complexity index is 1100. The molecular weight excluding hydrogens is 414 g/mol. The van der Waals surface area contributed by atoms with Crippen LogP contribution < -0.4 is 10.5 Å². The summed E-state index contributed by atoms with van der Waals surface area (Å²) in [6, 6.07) is 15.4. The highest BCUT2D eigenvalue weighted by Crippen LogP contribution is 2.37. The second-order valence-electron chi connectivity index (χ2n) is 5.62. The van der Waals surface area contributed by atoms with Crippen LogP contribution in [0.4, 0.5) is 0 Å². The number of halogens is 1. The normalized spacial score (nSPS) is 11.0. The molecule has 0 fully saturated rings. The van der Waals surface area contributed by atoms with Crippen LogP contribution in [0.5, 0.6) is 5.75 Å². The van der Waals surface area contributed by atoms with E-state index in [1.54, 1.807) is 6.20 Å². The number of hydrogen-bond acceptors (Lipinski definition) is 4. The second kappa shape index (κ2) is 6.93. The van der Waals surface area contributed by atoms with Gasteiger partial charge in [0.05, 0.1) is 16.8 Å². The van der Waals surface area contributed by atoms with Gasteiger partial charge in [-0.15, -0.1) is 11.3 Å². The van der Waals surface area contributed by atoms with Crippen molar-refractivity contribution in [2.45, 2.75) is 6.61 Å². The Morgan fingerprint density at radius 2 is 2.04 bits per heavy atom. The lowest BCUT2D eigenvalue weighted by Gasteiger charge is -2.07. The van der Waals surface area contributed by atoms with E-state index in [-0.39, 0.29) is 0 Å². The predicted octanol–water partition coefficient (Wildman–Crippen LogP) is 4.50. The van der Waals surface area contributed by atoms with Crippen LogP contribution in [0.2, 0.25) is 0 Å². The van der Waals surface area contributed by atoms with E-state index in [9.17, 15) is 4.79 Å². The van der Waals surface area contributed by atoms with Crippen LogP contribution in [-0.2, 0) is 6.61 Å². The summed E-state index contributed by atoms with van der Waals surface area (Å²) >= 11 is 4.81. The third-order valence-electron chi connectivity index (χ3n) is 3.93. The number of carbonyl (C=O) groups excluding carboxylic acids is 1. The minimum absolute atomic E-state index is 0.338. The number of nitrogens with two attached hydrogens (primary N) is 1. The highest BCUT2D eigenvalue weighted by atomic mass is 79.9. The minimum atomic E-state index is -0.503. The second-order valence-corrected chi connectivity index (χ2v) is 7.53. The molecule has 1 aromatic carbocycles. The molecule has 0 aliphatic heterocycles. The number of primary amides is 1. The molecule has 0 saturated carbocycles. The average molecular weight is 428 g/mol. The van der Waals surface area contributed by atoms with Crippen molar-refractivity contribution in [2.75, 3.05) is 0 Å². The lowest BCUT2D eigenvalue weighted by molar-refractivity contribution is 0.1000. The molecule has 130 valence electrons. The molecule has 4 rings (SSSR count). The Hall–Kier alpha value is -2.64. The van der Waals surface area contributed by atoms with E-state index < -0.39 is 5.91 Å². The molecule has 0 aliphatic rings. The lowest BCUT2D eigenvalue weighted by Crippen LogP contribution is -2.10. The van der Waals surface area contributed by atoms with E-state index in [2.05, 4.69) is 20.9 Å². The molecule has 3 heterocycles. The van der Waals surface area contributed by atoms with Crippen molar-refractivity contribution < 1.29 is 9.53 Å². The van der Waals surface area contributed by atoms with Crippen molar-refractivity contribution in [1.29, 1.82) is 0 Å². The van der Waals surface area contributed by atoms with Crippen LogP contribution >= 0.6 is 27.3 Å². The van der Waals surface area contributed by atoms with Crippen molar-refractivity contribution in [2.24, 2.45) is 5.73 Å². The highest BCUT2D eigenvalue weighted by Gasteiger charge is 2.18. The summed E-state index contributed by atoms with van der Waals surface area (Å²) in [6.07, 6.45) is 3.71. The fourth-order valence-corrected chi connectivity index (χ4v) is 4.03. The molecule has 0 unspecified atom stereocenters. The van der Waals surface area contributed by atoms with Crippen molar-refractivity contribution in [1.82, 2.24) is 9.38 Å². The lowest BCUT2D eigenvalue weighted by atomic mass is 10.2. The quantitative estimate of drug-likeness (QED) is 0.509. The number of rotatable bonds is 5. The molecule has 0 aliphatic carbocycles. The first-order valence-electron chi connectivity index (χ1n) is 7.86. The SMILES string of the molecule is NC(=O)c1sc(-c2cnc3ccccn23)cc1OCc1ccccc1Br. The Labute approximate surface area is 162 Å². The molecule has 0 spiro atoms. The molecule has 26 heavy (non-hydrogen) atoms. The molecule has 0 atom stereocenters. The summed E-state index contributed by atoms with van der Waals surface area (Å²) in [5.74, 6) is -0.0173. The van der Waals surface area contributed by atoms with E-state index in [1.165, 1.54) is 11.3 Å². The number of ether oxygens (including phenoxy) is 1. The van der Waals surface area contributed by atoms with Crippen LogP contribution in [0.15, 0.2) is 65.4 Å². The van der Waals surface area contributed by atoms with Gasteiger partial charge in [0.25, 0.3) is 5.91 Å². The molecule has 0 saturated heterocycles. The molecule has 0 bridgehead atoms. The highest BCUT2D eigenvalue weighted by molar-refractivity contribution is 9.10.